The van der Waals surface area contributed by atoms with Crippen LogP contribution in [0.2, 0.25) is 0 Å². The second kappa shape index (κ2) is 8.98. The molecule has 2 aromatic carbocycles. The van der Waals surface area contributed by atoms with Crippen molar-refractivity contribution >= 4 is 37.6 Å². The smallest absolute Gasteiger partial charge is 0.244 e. The Morgan fingerprint density at radius 1 is 0.857 bits per heavy atom. The Morgan fingerprint density at radius 3 is 2.11 bits per heavy atom. The van der Waals surface area contributed by atoms with Gasteiger partial charge in [-0.2, -0.15) is 4.31 Å². The molecule has 0 radical (unpaired) electrons. The third kappa shape index (κ3) is 4.68. The van der Waals surface area contributed by atoms with Crippen LogP contribution in [0.3, 0.4) is 0 Å². The van der Waals surface area contributed by atoms with Crippen LogP contribution in [0.4, 0.5) is 0 Å². The number of carbonyl (C=O) groups excluding carboxylic acids is 2. The van der Waals surface area contributed by atoms with Crippen LogP contribution in [0.15, 0.2) is 64.0 Å². The van der Waals surface area contributed by atoms with E-state index in [0.717, 1.165) is 0 Å². The molecule has 0 aromatic heterocycles. The molecule has 1 aliphatic rings. The van der Waals surface area contributed by atoms with Crippen LogP contribution in [0.1, 0.15) is 23.2 Å². The first-order valence-electron chi connectivity index (χ1n) is 9.00. The molecular formula is C20H21BrN2O4S. The molecule has 1 fully saturated rings. The molecule has 1 saturated heterocycles. The molecule has 1 amide bonds. The number of benzene rings is 2. The van der Waals surface area contributed by atoms with E-state index >= 15 is 0 Å². The van der Waals surface area contributed by atoms with Crippen molar-refractivity contribution in [1.82, 2.24) is 9.21 Å². The van der Waals surface area contributed by atoms with E-state index < -0.39 is 10.0 Å². The van der Waals surface area contributed by atoms with Crippen LogP contribution in [0, 0.1) is 0 Å². The molecule has 0 saturated carbocycles. The van der Waals surface area contributed by atoms with E-state index in [1.807, 2.05) is 6.07 Å². The molecule has 0 bridgehead atoms. The third-order valence-electron chi connectivity index (χ3n) is 4.71. The molecule has 148 valence electrons. The Kier molecular flexibility index (Phi) is 6.64. The van der Waals surface area contributed by atoms with E-state index in [0.29, 0.717) is 23.1 Å². The highest BCUT2D eigenvalue weighted by Gasteiger charge is 2.31. The number of sulfonamides is 1. The number of amides is 1. The number of carbonyl (C=O) groups is 2. The van der Waals surface area contributed by atoms with Crippen molar-refractivity contribution in [2.24, 2.45) is 0 Å². The SMILES string of the molecule is O=C(CCC(=O)N1CCN(S(=O)(=O)c2ccccc2Br)CC1)c1ccccc1. The summed E-state index contributed by atoms with van der Waals surface area (Å²) in [6.45, 7) is 1.12. The minimum atomic E-state index is -3.61. The second-order valence-corrected chi connectivity index (χ2v) is 9.27. The Labute approximate surface area is 173 Å². The van der Waals surface area contributed by atoms with Crippen molar-refractivity contribution in [2.75, 3.05) is 26.2 Å². The van der Waals surface area contributed by atoms with E-state index in [4.69, 9.17) is 0 Å². The summed E-state index contributed by atoms with van der Waals surface area (Å²) in [5, 5.41) is 0. The summed E-state index contributed by atoms with van der Waals surface area (Å²) >= 11 is 3.28. The number of piperazine rings is 1. The largest absolute Gasteiger partial charge is 0.340 e. The van der Waals surface area contributed by atoms with Gasteiger partial charge in [0.2, 0.25) is 15.9 Å². The summed E-state index contributed by atoms with van der Waals surface area (Å²) in [7, 11) is -3.61. The molecule has 0 atom stereocenters. The van der Waals surface area contributed by atoms with Gasteiger partial charge in [0.25, 0.3) is 0 Å². The summed E-state index contributed by atoms with van der Waals surface area (Å²) in [4.78, 5) is 26.4. The van der Waals surface area contributed by atoms with Crippen LogP contribution in [-0.4, -0.2) is 55.5 Å². The van der Waals surface area contributed by atoms with Crippen molar-refractivity contribution in [1.29, 1.82) is 0 Å². The molecule has 1 aliphatic heterocycles. The lowest BCUT2D eigenvalue weighted by atomic mass is 10.1. The normalized spacial score (nSPS) is 15.4. The van der Waals surface area contributed by atoms with E-state index in [9.17, 15) is 18.0 Å². The predicted molar refractivity (Wildman–Crippen MR) is 109 cm³/mol. The summed E-state index contributed by atoms with van der Waals surface area (Å²) < 4.78 is 27.5. The van der Waals surface area contributed by atoms with Crippen LogP contribution >= 0.6 is 15.9 Å². The van der Waals surface area contributed by atoms with Gasteiger partial charge in [0, 0.05) is 49.1 Å². The lowest BCUT2D eigenvalue weighted by Crippen LogP contribution is -2.50. The van der Waals surface area contributed by atoms with E-state index in [-0.39, 0.29) is 42.5 Å². The van der Waals surface area contributed by atoms with Crippen LogP contribution < -0.4 is 0 Å². The van der Waals surface area contributed by atoms with Gasteiger partial charge in [-0.15, -0.1) is 0 Å². The average molecular weight is 465 g/mol. The number of hydrogen-bond donors (Lipinski definition) is 0. The highest BCUT2D eigenvalue weighted by molar-refractivity contribution is 9.10. The molecule has 2 aromatic rings. The van der Waals surface area contributed by atoms with Gasteiger partial charge >= 0.3 is 0 Å². The highest BCUT2D eigenvalue weighted by atomic mass is 79.9. The molecular weight excluding hydrogens is 444 g/mol. The van der Waals surface area contributed by atoms with Gasteiger partial charge in [-0.25, -0.2) is 8.42 Å². The fourth-order valence-electron chi connectivity index (χ4n) is 3.12. The molecule has 28 heavy (non-hydrogen) atoms. The summed E-state index contributed by atoms with van der Waals surface area (Å²) in [5.74, 6) is -0.189. The monoisotopic (exact) mass is 464 g/mol. The van der Waals surface area contributed by atoms with Crippen molar-refractivity contribution in [3.05, 3.63) is 64.6 Å². The zero-order valence-electron chi connectivity index (χ0n) is 15.3. The van der Waals surface area contributed by atoms with Crippen LogP contribution in [0.25, 0.3) is 0 Å². The van der Waals surface area contributed by atoms with Gasteiger partial charge in [-0.3, -0.25) is 9.59 Å². The average Bonchev–Trinajstić information content (AvgIpc) is 2.72. The quantitative estimate of drug-likeness (QED) is 0.615. The molecule has 3 rings (SSSR count). The summed E-state index contributed by atoms with van der Waals surface area (Å²) in [5.41, 5.74) is 0.597. The fraction of sp³-hybridized carbons (Fsp3) is 0.300. The van der Waals surface area contributed by atoms with Gasteiger partial charge in [0.1, 0.15) is 0 Å². The van der Waals surface area contributed by atoms with E-state index in [1.54, 1.807) is 53.4 Å². The maximum Gasteiger partial charge on any atom is 0.244 e. The Bertz CT molecular complexity index is 955. The maximum atomic E-state index is 12.8. The number of halogens is 1. The number of ketones is 1. The van der Waals surface area contributed by atoms with Gasteiger partial charge < -0.3 is 4.90 Å². The van der Waals surface area contributed by atoms with Crippen molar-refractivity contribution in [3.8, 4) is 0 Å². The number of Topliss-reactive ketones (excluding diaryl/α,β-unsaturated/α-hetero) is 1. The van der Waals surface area contributed by atoms with Crippen LogP contribution in [-0.2, 0) is 14.8 Å². The van der Waals surface area contributed by atoms with Gasteiger partial charge in [-0.05, 0) is 28.1 Å². The summed E-state index contributed by atoms with van der Waals surface area (Å²) in [6.07, 6.45) is 0.281. The zero-order valence-corrected chi connectivity index (χ0v) is 17.7. The first kappa shape index (κ1) is 20.7. The van der Waals surface area contributed by atoms with Crippen molar-refractivity contribution in [2.45, 2.75) is 17.7 Å². The molecule has 0 aliphatic carbocycles. The Morgan fingerprint density at radius 2 is 1.46 bits per heavy atom. The minimum Gasteiger partial charge on any atom is -0.340 e. The molecule has 0 spiro atoms. The van der Waals surface area contributed by atoms with Gasteiger partial charge in [-0.1, -0.05) is 42.5 Å². The minimum absolute atomic E-state index is 0.0657. The molecule has 6 nitrogen and oxygen atoms in total. The first-order valence-corrected chi connectivity index (χ1v) is 11.2. The lowest BCUT2D eigenvalue weighted by molar-refractivity contribution is -0.132. The number of nitrogens with zero attached hydrogens (tertiary/aromatic N) is 2. The van der Waals surface area contributed by atoms with Gasteiger partial charge in [0.05, 0.1) is 4.90 Å². The number of rotatable bonds is 6. The van der Waals surface area contributed by atoms with Crippen molar-refractivity contribution < 1.29 is 18.0 Å². The second-order valence-electron chi connectivity index (χ2n) is 6.50. The first-order chi connectivity index (χ1) is 13.4. The predicted octanol–water partition coefficient (Wildman–Crippen LogP) is 2.95. The van der Waals surface area contributed by atoms with Crippen molar-refractivity contribution in [3.63, 3.8) is 0 Å². The molecule has 0 unspecified atom stereocenters. The zero-order chi connectivity index (χ0) is 20.1. The third-order valence-corrected chi connectivity index (χ3v) is 7.62. The maximum absolute atomic E-state index is 12.8. The molecule has 1 heterocycles. The standard InChI is InChI=1S/C20H21BrN2O4S/c21-17-8-4-5-9-19(17)28(26,27)23-14-12-22(13-15-23)20(25)11-10-18(24)16-6-2-1-3-7-16/h1-9H,10-15H2. The van der Waals surface area contributed by atoms with Crippen LogP contribution in [0.5, 0.6) is 0 Å². The Hall–Kier alpha value is -2.03. The highest BCUT2D eigenvalue weighted by Crippen LogP contribution is 2.25. The lowest BCUT2D eigenvalue weighted by Gasteiger charge is -2.34. The molecule has 0 N–H and O–H groups in total. The fourth-order valence-corrected chi connectivity index (χ4v) is 5.50. The van der Waals surface area contributed by atoms with E-state index in [1.165, 1.54) is 4.31 Å². The van der Waals surface area contributed by atoms with Gasteiger partial charge in [0.15, 0.2) is 5.78 Å². The molecule has 8 heteroatoms. The Balaban J connectivity index is 1.54. The number of hydrogen-bond acceptors (Lipinski definition) is 4. The summed E-state index contributed by atoms with van der Waals surface area (Å²) in [6, 6.07) is 15.6. The topological polar surface area (TPSA) is 74.8 Å². The van der Waals surface area contributed by atoms with E-state index in [2.05, 4.69) is 15.9 Å².